The maximum atomic E-state index is 6.51. The molecule has 0 radical (unpaired) electrons. The Kier molecular flexibility index (Phi) is 5.21. The van der Waals surface area contributed by atoms with Crippen LogP contribution in [0.2, 0.25) is 0 Å². The second-order valence-corrected chi connectivity index (χ2v) is 8.22. The van der Waals surface area contributed by atoms with E-state index in [-0.39, 0.29) is 12.1 Å². The molecule has 2 N–H and O–H groups in total. The first-order valence-corrected chi connectivity index (χ1v) is 10.6. The number of aryl methyl sites for hydroxylation is 2. The van der Waals surface area contributed by atoms with Crippen LogP contribution < -0.4 is 5.32 Å². The summed E-state index contributed by atoms with van der Waals surface area (Å²) in [4.78, 5) is 12.2. The molecule has 29 heavy (non-hydrogen) atoms. The Morgan fingerprint density at radius 1 is 1.17 bits per heavy atom. The van der Waals surface area contributed by atoms with E-state index in [4.69, 9.17) is 9.47 Å². The number of rotatable bonds is 5. The van der Waals surface area contributed by atoms with Crippen molar-refractivity contribution in [3.8, 4) is 0 Å². The monoisotopic (exact) mass is 392 g/mol. The van der Waals surface area contributed by atoms with Crippen molar-refractivity contribution in [1.82, 2.24) is 15.0 Å². The first-order chi connectivity index (χ1) is 14.3. The van der Waals surface area contributed by atoms with E-state index in [1.54, 1.807) is 6.33 Å². The summed E-state index contributed by atoms with van der Waals surface area (Å²) in [6, 6.07) is 10.9. The minimum absolute atomic E-state index is 0.0769. The first kappa shape index (κ1) is 18.6. The molecule has 1 aliphatic carbocycles. The molecule has 152 valence electrons. The lowest BCUT2D eigenvalue weighted by molar-refractivity contribution is -0.0224. The van der Waals surface area contributed by atoms with E-state index < -0.39 is 0 Å². The van der Waals surface area contributed by atoms with Gasteiger partial charge in [-0.2, -0.15) is 0 Å². The molecule has 6 heteroatoms. The van der Waals surface area contributed by atoms with Crippen LogP contribution in [0.1, 0.15) is 42.1 Å². The third kappa shape index (κ3) is 3.87. The van der Waals surface area contributed by atoms with Gasteiger partial charge in [-0.05, 0) is 55.7 Å². The van der Waals surface area contributed by atoms with Crippen LogP contribution in [0.4, 0.5) is 5.82 Å². The van der Waals surface area contributed by atoms with Crippen LogP contribution >= 0.6 is 0 Å². The molecule has 2 aliphatic rings. The Morgan fingerprint density at radius 2 is 2.03 bits per heavy atom. The van der Waals surface area contributed by atoms with Gasteiger partial charge in [-0.15, -0.1) is 0 Å². The summed E-state index contributed by atoms with van der Waals surface area (Å²) < 4.78 is 12.0. The number of nitrogens with zero attached hydrogens (tertiary/aromatic N) is 2. The molecule has 1 fully saturated rings. The summed E-state index contributed by atoms with van der Waals surface area (Å²) in [5.74, 6) is 1.46. The van der Waals surface area contributed by atoms with Crippen molar-refractivity contribution in [3.63, 3.8) is 0 Å². The molecular formula is C23H28N4O2. The predicted octanol–water partition coefficient (Wildman–Crippen LogP) is 4.18. The highest BCUT2D eigenvalue weighted by molar-refractivity contribution is 5.87. The number of hydrogen-bond donors (Lipinski definition) is 2. The van der Waals surface area contributed by atoms with Crippen LogP contribution in [0.3, 0.4) is 0 Å². The van der Waals surface area contributed by atoms with Gasteiger partial charge in [0.25, 0.3) is 0 Å². The zero-order valence-corrected chi connectivity index (χ0v) is 16.9. The Labute approximate surface area is 171 Å². The lowest BCUT2D eigenvalue weighted by atomic mass is 9.85. The fraction of sp³-hybridized carbons (Fsp3) is 0.478. The van der Waals surface area contributed by atoms with Crippen molar-refractivity contribution in [2.45, 2.75) is 44.8 Å². The number of aromatic amines is 1. The summed E-state index contributed by atoms with van der Waals surface area (Å²) >= 11 is 0. The van der Waals surface area contributed by atoms with Gasteiger partial charge in [0.15, 0.2) is 0 Å². The number of benzene rings is 1. The zero-order chi connectivity index (χ0) is 19.6. The fourth-order valence-electron chi connectivity index (χ4n) is 4.59. The second kappa shape index (κ2) is 8.13. The summed E-state index contributed by atoms with van der Waals surface area (Å²) in [6.07, 6.45) is 5.99. The molecule has 0 spiro atoms. The fourth-order valence-corrected chi connectivity index (χ4v) is 4.59. The Balaban J connectivity index is 1.42. The second-order valence-electron chi connectivity index (χ2n) is 8.22. The van der Waals surface area contributed by atoms with Gasteiger partial charge in [-0.3, -0.25) is 0 Å². The molecule has 6 nitrogen and oxygen atoms in total. The number of ether oxygens (including phenoxy) is 2. The molecule has 0 saturated carbocycles. The Bertz CT molecular complexity index is 980. The van der Waals surface area contributed by atoms with Gasteiger partial charge in [-0.1, -0.05) is 24.3 Å². The molecule has 1 saturated heterocycles. The number of aromatic nitrogens is 3. The van der Waals surface area contributed by atoms with Crippen LogP contribution in [0.5, 0.6) is 0 Å². The van der Waals surface area contributed by atoms with E-state index in [0.29, 0.717) is 5.92 Å². The van der Waals surface area contributed by atoms with Crippen molar-refractivity contribution >= 4 is 16.9 Å². The van der Waals surface area contributed by atoms with E-state index in [1.165, 1.54) is 11.1 Å². The van der Waals surface area contributed by atoms with Crippen LogP contribution in [0.25, 0.3) is 11.0 Å². The van der Waals surface area contributed by atoms with E-state index in [2.05, 4.69) is 50.6 Å². The minimum Gasteiger partial charge on any atom is -0.381 e. The van der Waals surface area contributed by atoms with Crippen molar-refractivity contribution in [2.24, 2.45) is 5.92 Å². The Morgan fingerprint density at radius 3 is 2.93 bits per heavy atom. The largest absolute Gasteiger partial charge is 0.381 e. The maximum absolute atomic E-state index is 6.51. The van der Waals surface area contributed by atoms with Crippen molar-refractivity contribution in [1.29, 1.82) is 0 Å². The third-order valence-corrected chi connectivity index (χ3v) is 6.20. The van der Waals surface area contributed by atoms with Gasteiger partial charge >= 0.3 is 0 Å². The van der Waals surface area contributed by atoms with Gasteiger partial charge in [0.1, 0.15) is 17.8 Å². The van der Waals surface area contributed by atoms with Gasteiger partial charge < -0.3 is 19.8 Å². The van der Waals surface area contributed by atoms with E-state index >= 15 is 0 Å². The highest BCUT2D eigenvalue weighted by Crippen LogP contribution is 2.36. The lowest BCUT2D eigenvalue weighted by Gasteiger charge is -2.35. The molecule has 3 aromatic rings. The number of H-pyrrole nitrogens is 1. The van der Waals surface area contributed by atoms with E-state index in [9.17, 15) is 0 Å². The van der Waals surface area contributed by atoms with Crippen molar-refractivity contribution in [3.05, 3.63) is 53.5 Å². The summed E-state index contributed by atoms with van der Waals surface area (Å²) in [5.41, 5.74) is 4.66. The molecule has 5 rings (SSSR count). The quantitative estimate of drug-likeness (QED) is 0.682. The highest BCUT2D eigenvalue weighted by Gasteiger charge is 2.31. The summed E-state index contributed by atoms with van der Waals surface area (Å²) in [5, 5.41) is 4.73. The molecule has 0 amide bonds. The predicted molar refractivity (Wildman–Crippen MR) is 113 cm³/mol. The number of nitrogens with one attached hydrogen (secondary N) is 2. The standard InChI is InChI=1S/C23H28N4O2/c1-15-12-19-22(26-15)24-14-25-23(19)27-21-18-5-3-2-4-17(18)6-7-20(21)29-13-16-8-10-28-11-9-16/h2-5,12,14,16,20-21H,6-11,13H2,1H3,(H2,24,25,26,27). The maximum Gasteiger partial charge on any atom is 0.143 e. The van der Waals surface area contributed by atoms with Crippen LogP contribution in [0.15, 0.2) is 36.7 Å². The number of anilines is 1. The Hall–Kier alpha value is -2.44. The number of hydrogen-bond acceptors (Lipinski definition) is 5. The lowest BCUT2D eigenvalue weighted by Crippen LogP contribution is -2.35. The SMILES string of the molecule is Cc1cc2c(NC3c4ccccc4CCC3OCC3CCOCC3)ncnc2[nH]1. The normalized spacial score (nSPS) is 22.5. The van der Waals surface area contributed by atoms with Crippen LogP contribution in [-0.2, 0) is 15.9 Å². The van der Waals surface area contributed by atoms with Gasteiger partial charge in [-0.25, -0.2) is 9.97 Å². The molecule has 2 aromatic heterocycles. The van der Waals surface area contributed by atoms with E-state index in [1.807, 2.05) is 6.92 Å². The van der Waals surface area contributed by atoms with Crippen molar-refractivity contribution in [2.75, 3.05) is 25.1 Å². The molecular weight excluding hydrogens is 364 g/mol. The molecule has 3 heterocycles. The van der Waals surface area contributed by atoms with Gasteiger partial charge in [0.05, 0.1) is 24.1 Å². The molecule has 2 unspecified atom stereocenters. The highest BCUT2D eigenvalue weighted by atomic mass is 16.5. The van der Waals surface area contributed by atoms with E-state index in [0.717, 1.165) is 68.0 Å². The van der Waals surface area contributed by atoms with Crippen molar-refractivity contribution < 1.29 is 9.47 Å². The average Bonchev–Trinajstić information content (AvgIpc) is 3.15. The first-order valence-electron chi connectivity index (χ1n) is 10.6. The minimum atomic E-state index is 0.0769. The molecule has 1 aromatic carbocycles. The topological polar surface area (TPSA) is 72.1 Å². The van der Waals surface area contributed by atoms with Crippen LogP contribution in [0, 0.1) is 12.8 Å². The smallest absolute Gasteiger partial charge is 0.143 e. The molecule has 1 aliphatic heterocycles. The molecule has 0 bridgehead atoms. The zero-order valence-electron chi connectivity index (χ0n) is 16.9. The summed E-state index contributed by atoms with van der Waals surface area (Å²) in [6.45, 7) is 4.56. The van der Waals surface area contributed by atoms with Gasteiger partial charge in [0.2, 0.25) is 0 Å². The third-order valence-electron chi connectivity index (χ3n) is 6.20. The number of fused-ring (bicyclic) bond motifs is 2. The van der Waals surface area contributed by atoms with Gasteiger partial charge in [0, 0.05) is 18.9 Å². The average molecular weight is 393 g/mol. The molecule has 2 atom stereocenters. The van der Waals surface area contributed by atoms with Crippen LogP contribution in [-0.4, -0.2) is 40.9 Å². The summed E-state index contributed by atoms with van der Waals surface area (Å²) in [7, 11) is 0.